The summed E-state index contributed by atoms with van der Waals surface area (Å²) >= 11 is 11.8. The summed E-state index contributed by atoms with van der Waals surface area (Å²) in [7, 11) is 0. The number of aromatic nitrogens is 2. The molecule has 0 aliphatic heterocycles. The second kappa shape index (κ2) is 5.65. The van der Waals surface area contributed by atoms with Crippen LogP contribution in [-0.2, 0) is 13.0 Å². The predicted molar refractivity (Wildman–Crippen MR) is 72.0 cm³/mol. The van der Waals surface area contributed by atoms with Crippen LogP contribution in [0.5, 0.6) is 0 Å². The number of hydrogen-bond donors (Lipinski definition) is 1. The highest BCUT2D eigenvalue weighted by atomic mass is 35.5. The Morgan fingerprint density at radius 1 is 1.22 bits per heavy atom. The van der Waals surface area contributed by atoms with Crippen molar-refractivity contribution in [2.45, 2.75) is 20.0 Å². The second-order valence-electron chi connectivity index (χ2n) is 3.98. The average molecular weight is 283 g/mol. The van der Waals surface area contributed by atoms with Crippen LogP contribution < -0.4 is 0 Å². The highest BCUT2D eigenvalue weighted by Gasteiger charge is 2.05. The van der Waals surface area contributed by atoms with E-state index in [1.54, 1.807) is 12.3 Å². The van der Waals surface area contributed by atoms with Crippen LogP contribution in [0.15, 0.2) is 24.4 Å². The number of nitrogens with zero attached hydrogens (tertiary/aromatic N) is 2. The Bertz CT molecular complexity index is 573. The lowest BCUT2D eigenvalue weighted by Gasteiger charge is -2.05. The molecule has 94 valence electrons. The van der Waals surface area contributed by atoms with Crippen LogP contribution in [0, 0.1) is 6.92 Å². The monoisotopic (exact) mass is 282 g/mol. The molecule has 2 aromatic rings. The zero-order chi connectivity index (χ0) is 13.1. The molecule has 5 heteroatoms. The maximum absolute atomic E-state index is 9.05. The van der Waals surface area contributed by atoms with E-state index in [4.69, 9.17) is 28.3 Å². The molecule has 0 fully saturated rings. The van der Waals surface area contributed by atoms with Crippen LogP contribution in [0.2, 0.25) is 10.0 Å². The lowest BCUT2D eigenvalue weighted by atomic mass is 10.1. The normalized spacial score (nSPS) is 10.7. The number of rotatable bonds is 3. The molecule has 1 heterocycles. The number of benzene rings is 1. The first-order valence-electron chi connectivity index (χ1n) is 5.46. The van der Waals surface area contributed by atoms with Crippen molar-refractivity contribution in [3.05, 3.63) is 57.1 Å². The predicted octanol–water partition coefficient (Wildman–Crippen LogP) is 3.17. The fourth-order valence-corrected chi connectivity index (χ4v) is 1.93. The molecular weight excluding hydrogens is 271 g/mol. The number of aliphatic hydroxyl groups is 1. The van der Waals surface area contributed by atoms with Gasteiger partial charge in [-0.05, 0) is 24.6 Å². The third kappa shape index (κ3) is 2.99. The van der Waals surface area contributed by atoms with Crippen molar-refractivity contribution in [2.75, 3.05) is 0 Å². The summed E-state index contributed by atoms with van der Waals surface area (Å²) < 4.78 is 0. The zero-order valence-corrected chi connectivity index (χ0v) is 11.3. The largest absolute Gasteiger partial charge is 0.392 e. The van der Waals surface area contributed by atoms with Crippen LogP contribution in [0.25, 0.3) is 0 Å². The summed E-state index contributed by atoms with van der Waals surface area (Å²) in [6, 6.07) is 5.46. The van der Waals surface area contributed by atoms with Crippen molar-refractivity contribution >= 4 is 23.2 Å². The molecule has 0 atom stereocenters. The minimum atomic E-state index is -0.0428. The van der Waals surface area contributed by atoms with Crippen LogP contribution >= 0.6 is 23.2 Å². The van der Waals surface area contributed by atoms with E-state index in [2.05, 4.69) is 9.97 Å². The van der Waals surface area contributed by atoms with E-state index in [0.717, 1.165) is 16.8 Å². The molecule has 18 heavy (non-hydrogen) atoms. The molecule has 2 rings (SSSR count). The molecule has 0 spiro atoms. The zero-order valence-electron chi connectivity index (χ0n) is 9.82. The maximum atomic E-state index is 9.05. The van der Waals surface area contributed by atoms with Crippen molar-refractivity contribution in [1.29, 1.82) is 0 Å². The number of halogens is 2. The quantitative estimate of drug-likeness (QED) is 0.941. The van der Waals surface area contributed by atoms with E-state index in [-0.39, 0.29) is 6.61 Å². The van der Waals surface area contributed by atoms with Gasteiger partial charge in [-0.1, -0.05) is 29.3 Å². The molecular formula is C13H12Cl2N2O. The van der Waals surface area contributed by atoms with Crippen LogP contribution in [0.3, 0.4) is 0 Å². The molecule has 0 radical (unpaired) electrons. The van der Waals surface area contributed by atoms with Gasteiger partial charge in [0.1, 0.15) is 5.82 Å². The highest BCUT2D eigenvalue weighted by Crippen LogP contribution is 2.23. The minimum absolute atomic E-state index is 0.0428. The van der Waals surface area contributed by atoms with Crippen molar-refractivity contribution in [1.82, 2.24) is 9.97 Å². The first-order valence-corrected chi connectivity index (χ1v) is 6.22. The summed E-state index contributed by atoms with van der Waals surface area (Å²) in [6.45, 7) is 1.81. The minimum Gasteiger partial charge on any atom is -0.392 e. The third-order valence-electron chi connectivity index (χ3n) is 2.65. The van der Waals surface area contributed by atoms with Gasteiger partial charge in [0, 0.05) is 23.9 Å². The Labute approximate surface area is 115 Å². The van der Waals surface area contributed by atoms with Crippen LogP contribution in [0.1, 0.15) is 22.6 Å². The van der Waals surface area contributed by atoms with Gasteiger partial charge in [0.15, 0.2) is 0 Å². The second-order valence-corrected chi connectivity index (χ2v) is 4.79. The highest BCUT2D eigenvalue weighted by molar-refractivity contribution is 6.42. The van der Waals surface area contributed by atoms with Gasteiger partial charge in [-0.25, -0.2) is 9.97 Å². The molecule has 1 aromatic heterocycles. The van der Waals surface area contributed by atoms with Gasteiger partial charge in [0.25, 0.3) is 0 Å². The van der Waals surface area contributed by atoms with Gasteiger partial charge in [0.2, 0.25) is 0 Å². The Balaban J connectivity index is 2.23. The van der Waals surface area contributed by atoms with Gasteiger partial charge in [0.05, 0.1) is 16.7 Å². The van der Waals surface area contributed by atoms with E-state index in [1.165, 1.54) is 0 Å². The van der Waals surface area contributed by atoms with E-state index in [9.17, 15) is 0 Å². The Hall–Kier alpha value is -1.16. The van der Waals surface area contributed by atoms with E-state index < -0.39 is 0 Å². The molecule has 1 N–H and O–H groups in total. The van der Waals surface area contributed by atoms with E-state index in [1.807, 2.05) is 19.1 Å². The first-order chi connectivity index (χ1) is 8.60. The van der Waals surface area contributed by atoms with Crippen molar-refractivity contribution < 1.29 is 5.11 Å². The molecule has 0 aliphatic rings. The maximum Gasteiger partial charge on any atom is 0.132 e. The smallest absolute Gasteiger partial charge is 0.132 e. The van der Waals surface area contributed by atoms with Crippen molar-refractivity contribution in [3.8, 4) is 0 Å². The summed E-state index contributed by atoms with van der Waals surface area (Å²) in [5, 5.41) is 10.1. The number of hydrogen-bond acceptors (Lipinski definition) is 3. The molecule has 0 unspecified atom stereocenters. The van der Waals surface area contributed by atoms with Gasteiger partial charge in [-0.3, -0.25) is 0 Å². The molecule has 3 nitrogen and oxygen atoms in total. The van der Waals surface area contributed by atoms with Crippen molar-refractivity contribution in [2.24, 2.45) is 0 Å². The first kappa shape index (κ1) is 13.3. The molecule has 0 aliphatic carbocycles. The Kier molecular flexibility index (Phi) is 4.17. The SMILES string of the molecule is Cc1nc(Cc2ccc(Cl)c(Cl)c2)ncc1CO. The number of aryl methyl sites for hydroxylation is 1. The molecule has 0 amide bonds. The fraction of sp³-hybridized carbons (Fsp3) is 0.231. The Morgan fingerprint density at radius 3 is 2.61 bits per heavy atom. The van der Waals surface area contributed by atoms with E-state index in [0.29, 0.717) is 22.3 Å². The van der Waals surface area contributed by atoms with Crippen molar-refractivity contribution in [3.63, 3.8) is 0 Å². The van der Waals surface area contributed by atoms with Gasteiger partial charge in [-0.2, -0.15) is 0 Å². The number of aliphatic hydroxyl groups excluding tert-OH is 1. The topological polar surface area (TPSA) is 46.0 Å². The van der Waals surface area contributed by atoms with Crippen LogP contribution in [0.4, 0.5) is 0 Å². The summed E-state index contributed by atoms with van der Waals surface area (Å²) in [5.74, 6) is 0.697. The summed E-state index contributed by atoms with van der Waals surface area (Å²) in [4.78, 5) is 8.55. The van der Waals surface area contributed by atoms with Crippen LogP contribution in [-0.4, -0.2) is 15.1 Å². The van der Waals surface area contributed by atoms with Gasteiger partial charge in [-0.15, -0.1) is 0 Å². The summed E-state index contributed by atoms with van der Waals surface area (Å²) in [5.41, 5.74) is 2.54. The van der Waals surface area contributed by atoms with Gasteiger partial charge < -0.3 is 5.11 Å². The molecule has 1 aromatic carbocycles. The van der Waals surface area contributed by atoms with E-state index >= 15 is 0 Å². The average Bonchev–Trinajstić information content (AvgIpc) is 2.34. The lowest BCUT2D eigenvalue weighted by molar-refractivity contribution is 0.280. The fourth-order valence-electron chi connectivity index (χ4n) is 1.61. The standard InChI is InChI=1S/C13H12Cl2N2O/c1-8-10(7-18)6-16-13(17-8)5-9-2-3-11(14)12(15)4-9/h2-4,6,18H,5,7H2,1H3. The summed E-state index contributed by atoms with van der Waals surface area (Å²) in [6.07, 6.45) is 2.23. The lowest BCUT2D eigenvalue weighted by Crippen LogP contribution is -2.02. The molecule has 0 saturated heterocycles. The third-order valence-corrected chi connectivity index (χ3v) is 3.39. The molecule has 0 saturated carbocycles. The van der Waals surface area contributed by atoms with Gasteiger partial charge >= 0.3 is 0 Å². The molecule has 0 bridgehead atoms. The Morgan fingerprint density at radius 2 is 2.00 bits per heavy atom.